The minimum Gasteiger partial charge on any atom is -0.310 e. The summed E-state index contributed by atoms with van der Waals surface area (Å²) in [6, 6.07) is 5.90. The van der Waals surface area contributed by atoms with Gasteiger partial charge in [0, 0.05) is 16.1 Å². The van der Waals surface area contributed by atoms with Gasteiger partial charge in [-0.2, -0.15) is 0 Å². The van der Waals surface area contributed by atoms with Crippen molar-refractivity contribution in [3.63, 3.8) is 0 Å². The summed E-state index contributed by atoms with van der Waals surface area (Å²) in [5.41, 5.74) is 1.10. The van der Waals surface area contributed by atoms with Crippen molar-refractivity contribution in [1.82, 2.24) is 5.32 Å². The third-order valence-electron chi connectivity index (χ3n) is 2.13. The minimum absolute atomic E-state index is 0.278. The Morgan fingerprint density at radius 1 is 1.36 bits per heavy atom. The topological polar surface area (TPSA) is 12.0 Å². The molecule has 0 aromatic heterocycles. The Balaban J connectivity index is 2.74. The van der Waals surface area contributed by atoms with E-state index in [0.29, 0.717) is 5.02 Å². The van der Waals surface area contributed by atoms with Gasteiger partial charge in [0.15, 0.2) is 0 Å². The Bertz CT molecular complexity index is 299. The molecule has 0 fully saturated rings. The molecule has 0 saturated heterocycles. The average molecular weight is 232 g/mol. The van der Waals surface area contributed by atoms with Gasteiger partial charge in [0.2, 0.25) is 0 Å². The molecular weight excluding hydrogens is 217 g/mol. The van der Waals surface area contributed by atoms with Crippen LogP contribution in [0.25, 0.3) is 0 Å². The maximum atomic E-state index is 6.08. The van der Waals surface area contributed by atoms with Gasteiger partial charge in [-0.3, -0.25) is 0 Å². The molecule has 0 heterocycles. The lowest BCUT2D eigenvalue weighted by Crippen LogP contribution is -2.19. The summed E-state index contributed by atoms with van der Waals surface area (Å²) in [7, 11) is 0. The van der Waals surface area contributed by atoms with E-state index < -0.39 is 0 Å². The van der Waals surface area contributed by atoms with Crippen molar-refractivity contribution in [2.75, 3.05) is 6.54 Å². The van der Waals surface area contributed by atoms with E-state index in [-0.39, 0.29) is 6.04 Å². The molecular formula is C11H15Cl2N. The highest BCUT2D eigenvalue weighted by Gasteiger charge is 2.08. The van der Waals surface area contributed by atoms with Crippen LogP contribution in [0.1, 0.15) is 31.9 Å². The number of rotatable bonds is 4. The Hall–Kier alpha value is -0.240. The SMILES string of the molecule is CCCNC(C)c1ccc(Cl)cc1Cl. The molecule has 0 aliphatic carbocycles. The summed E-state index contributed by atoms with van der Waals surface area (Å²) in [5, 5.41) is 4.79. The Morgan fingerprint density at radius 3 is 2.64 bits per heavy atom. The van der Waals surface area contributed by atoms with E-state index >= 15 is 0 Å². The molecule has 1 rings (SSSR count). The first-order chi connectivity index (χ1) is 6.65. The monoisotopic (exact) mass is 231 g/mol. The molecule has 0 aliphatic heterocycles. The predicted octanol–water partition coefficient (Wildman–Crippen LogP) is 4.05. The van der Waals surface area contributed by atoms with Gasteiger partial charge in [-0.25, -0.2) is 0 Å². The van der Waals surface area contributed by atoms with Crippen molar-refractivity contribution in [3.05, 3.63) is 33.8 Å². The first kappa shape index (κ1) is 11.8. The summed E-state index contributed by atoms with van der Waals surface area (Å²) in [4.78, 5) is 0. The van der Waals surface area contributed by atoms with E-state index in [9.17, 15) is 0 Å². The molecule has 1 nitrogen and oxygen atoms in total. The maximum Gasteiger partial charge on any atom is 0.0468 e. The van der Waals surface area contributed by atoms with Crippen molar-refractivity contribution < 1.29 is 0 Å². The zero-order valence-corrected chi connectivity index (χ0v) is 9.99. The van der Waals surface area contributed by atoms with Gasteiger partial charge in [-0.05, 0) is 37.6 Å². The molecule has 1 aromatic carbocycles. The zero-order chi connectivity index (χ0) is 10.6. The predicted molar refractivity (Wildman–Crippen MR) is 63.2 cm³/mol. The van der Waals surface area contributed by atoms with Gasteiger partial charge < -0.3 is 5.32 Å². The van der Waals surface area contributed by atoms with E-state index in [4.69, 9.17) is 23.2 Å². The standard InChI is InChI=1S/C11H15Cl2N/c1-3-6-14-8(2)10-5-4-9(12)7-11(10)13/h4-5,7-8,14H,3,6H2,1-2H3. The third kappa shape index (κ3) is 3.16. The summed E-state index contributed by atoms with van der Waals surface area (Å²) in [6.45, 7) is 5.24. The average Bonchev–Trinajstić information content (AvgIpc) is 2.14. The van der Waals surface area contributed by atoms with Gasteiger partial charge >= 0.3 is 0 Å². The smallest absolute Gasteiger partial charge is 0.0468 e. The molecule has 0 amide bonds. The number of hydrogen-bond acceptors (Lipinski definition) is 1. The quantitative estimate of drug-likeness (QED) is 0.825. The molecule has 0 bridgehead atoms. The van der Waals surface area contributed by atoms with Crippen LogP contribution in [0.5, 0.6) is 0 Å². The molecule has 1 N–H and O–H groups in total. The normalized spacial score (nSPS) is 12.9. The molecule has 1 atom stereocenters. The van der Waals surface area contributed by atoms with E-state index in [1.54, 1.807) is 6.07 Å². The van der Waals surface area contributed by atoms with Crippen LogP contribution in [-0.2, 0) is 0 Å². The van der Waals surface area contributed by atoms with E-state index in [0.717, 1.165) is 23.6 Å². The first-order valence-corrected chi connectivity index (χ1v) is 5.59. The van der Waals surface area contributed by atoms with Gasteiger partial charge in [0.25, 0.3) is 0 Å². The zero-order valence-electron chi connectivity index (χ0n) is 8.48. The summed E-state index contributed by atoms with van der Waals surface area (Å²) < 4.78 is 0. The van der Waals surface area contributed by atoms with Crippen molar-refractivity contribution in [3.8, 4) is 0 Å². The van der Waals surface area contributed by atoms with Crippen LogP contribution in [0.15, 0.2) is 18.2 Å². The van der Waals surface area contributed by atoms with Gasteiger partial charge in [-0.15, -0.1) is 0 Å². The highest BCUT2D eigenvalue weighted by molar-refractivity contribution is 6.35. The van der Waals surface area contributed by atoms with Gasteiger partial charge in [-0.1, -0.05) is 36.2 Å². The van der Waals surface area contributed by atoms with E-state index in [2.05, 4.69) is 19.2 Å². The fourth-order valence-electron chi connectivity index (χ4n) is 1.32. The van der Waals surface area contributed by atoms with E-state index in [1.165, 1.54) is 0 Å². The molecule has 0 spiro atoms. The van der Waals surface area contributed by atoms with Crippen LogP contribution in [0.4, 0.5) is 0 Å². The Kier molecular flexibility index (Phi) is 4.73. The molecule has 0 aliphatic rings. The van der Waals surface area contributed by atoms with Crippen LogP contribution in [0, 0.1) is 0 Å². The van der Waals surface area contributed by atoms with Crippen LogP contribution in [-0.4, -0.2) is 6.54 Å². The third-order valence-corrected chi connectivity index (χ3v) is 2.69. The summed E-state index contributed by atoms with van der Waals surface area (Å²) in [5.74, 6) is 0. The Morgan fingerprint density at radius 2 is 2.07 bits per heavy atom. The van der Waals surface area contributed by atoms with Crippen LogP contribution in [0.2, 0.25) is 10.0 Å². The van der Waals surface area contributed by atoms with Crippen LogP contribution >= 0.6 is 23.2 Å². The Labute approximate surface area is 95.4 Å². The summed E-state index contributed by atoms with van der Waals surface area (Å²) in [6.07, 6.45) is 1.12. The lowest BCUT2D eigenvalue weighted by atomic mass is 10.1. The van der Waals surface area contributed by atoms with Crippen molar-refractivity contribution in [2.24, 2.45) is 0 Å². The summed E-state index contributed by atoms with van der Waals surface area (Å²) >= 11 is 11.9. The van der Waals surface area contributed by atoms with Crippen LogP contribution in [0.3, 0.4) is 0 Å². The second kappa shape index (κ2) is 5.59. The second-order valence-corrected chi connectivity index (χ2v) is 4.19. The second-order valence-electron chi connectivity index (χ2n) is 3.34. The lowest BCUT2D eigenvalue weighted by molar-refractivity contribution is 0.571. The first-order valence-electron chi connectivity index (χ1n) is 4.83. The fraction of sp³-hybridized carbons (Fsp3) is 0.455. The maximum absolute atomic E-state index is 6.08. The molecule has 1 aromatic rings. The van der Waals surface area contributed by atoms with Gasteiger partial charge in [0.05, 0.1) is 0 Å². The van der Waals surface area contributed by atoms with Crippen molar-refractivity contribution in [1.29, 1.82) is 0 Å². The molecule has 78 valence electrons. The van der Waals surface area contributed by atoms with E-state index in [1.807, 2.05) is 12.1 Å². The number of hydrogen-bond donors (Lipinski definition) is 1. The number of halogens is 2. The lowest BCUT2D eigenvalue weighted by Gasteiger charge is -2.15. The largest absolute Gasteiger partial charge is 0.310 e. The highest BCUT2D eigenvalue weighted by atomic mass is 35.5. The molecule has 0 radical (unpaired) electrons. The molecule has 14 heavy (non-hydrogen) atoms. The van der Waals surface area contributed by atoms with Crippen molar-refractivity contribution in [2.45, 2.75) is 26.3 Å². The molecule has 0 saturated carbocycles. The van der Waals surface area contributed by atoms with Crippen LogP contribution < -0.4 is 5.32 Å². The molecule has 3 heteroatoms. The van der Waals surface area contributed by atoms with Crippen molar-refractivity contribution >= 4 is 23.2 Å². The molecule has 1 unspecified atom stereocenters. The highest BCUT2D eigenvalue weighted by Crippen LogP contribution is 2.25. The van der Waals surface area contributed by atoms with Gasteiger partial charge in [0.1, 0.15) is 0 Å². The fourth-order valence-corrected chi connectivity index (χ4v) is 1.90. The minimum atomic E-state index is 0.278. The number of benzene rings is 1. The number of nitrogens with one attached hydrogen (secondary N) is 1.